The van der Waals surface area contributed by atoms with Crippen LogP contribution in [-0.2, 0) is 6.61 Å². The fourth-order valence-corrected chi connectivity index (χ4v) is 1.61. The van der Waals surface area contributed by atoms with Crippen molar-refractivity contribution in [1.29, 1.82) is 0 Å². The molecule has 0 atom stereocenters. The third kappa shape index (κ3) is 3.51. The van der Waals surface area contributed by atoms with E-state index in [1.54, 1.807) is 18.2 Å². The summed E-state index contributed by atoms with van der Waals surface area (Å²) in [4.78, 5) is 14.6. The lowest BCUT2D eigenvalue weighted by Gasteiger charge is -2.06. The molecule has 1 aromatic heterocycles. The average molecular weight is 326 g/mol. The van der Waals surface area contributed by atoms with Crippen LogP contribution in [0.2, 0.25) is 0 Å². The fraction of sp³-hybridized carbons (Fsp3) is 0.0769. The Kier molecular flexibility index (Phi) is 4.11. The number of nitrogens with zero attached hydrogens (tertiary/aromatic N) is 1. The van der Waals surface area contributed by atoms with E-state index in [1.165, 1.54) is 18.3 Å². The Morgan fingerprint density at radius 1 is 1.37 bits per heavy atom. The molecule has 2 rings (SSSR count). The quantitative estimate of drug-likeness (QED) is 0.937. The lowest BCUT2D eigenvalue weighted by Crippen LogP contribution is -2.02. The van der Waals surface area contributed by atoms with Gasteiger partial charge in [0.1, 0.15) is 18.2 Å². The monoisotopic (exact) mass is 325 g/mol. The smallest absolute Gasteiger partial charge is 0.337 e. The van der Waals surface area contributed by atoms with Gasteiger partial charge in [-0.25, -0.2) is 9.18 Å². The summed E-state index contributed by atoms with van der Waals surface area (Å²) >= 11 is 3.05. The predicted octanol–water partition coefficient (Wildman–Crippen LogP) is 3.26. The van der Waals surface area contributed by atoms with Gasteiger partial charge in [-0.1, -0.05) is 0 Å². The summed E-state index contributed by atoms with van der Waals surface area (Å²) in [5.41, 5.74) is 0.673. The van der Waals surface area contributed by atoms with Crippen molar-refractivity contribution in [2.45, 2.75) is 6.61 Å². The molecule has 0 amide bonds. The number of carboxylic acid groups (broad SMARTS) is 1. The standard InChI is InChI=1S/C13H9BrFNO3/c14-11-4-3-10(5-12(11)15)19-7-9-2-1-8(6-16-9)13(17)18/h1-6H,7H2,(H,17,18). The molecule has 0 fully saturated rings. The molecule has 2 aromatic rings. The molecular weight excluding hydrogens is 317 g/mol. The van der Waals surface area contributed by atoms with Crippen LogP contribution in [0.25, 0.3) is 0 Å². The van der Waals surface area contributed by atoms with Crippen LogP contribution < -0.4 is 4.74 Å². The lowest BCUT2D eigenvalue weighted by atomic mass is 10.2. The van der Waals surface area contributed by atoms with Gasteiger partial charge in [0, 0.05) is 12.3 Å². The maximum atomic E-state index is 13.2. The van der Waals surface area contributed by atoms with Crippen LogP contribution in [0.4, 0.5) is 4.39 Å². The zero-order valence-corrected chi connectivity index (χ0v) is 11.2. The molecular formula is C13H9BrFNO3. The molecule has 6 heteroatoms. The molecule has 0 radical (unpaired) electrons. The second kappa shape index (κ2) is 5.79. The minimum absolute atomic E-state index is 0.110. The molecule has 1 N–H and O–H groups in total. The topological polar surface area (TPSA) is 59.4 Å². The summed E-state index contributed by atoms with van der Waals surface area (Å²) in [6.45, 7) is 0.140. The predicted molar refractivity (Wildman–Crippen MR) is 69.6 cm³/mol. The highest BCUT2D eigenvalue weighted by Gasteiger charge is 2.05. The number of aromatic carboxylic acids is 1. The Balaban J connectivity index is 2.01. The van der Waals surface area contributed by atoms with Crippen molar-refractivity contribution < 1.29 is 19.0 Å². The largest absolute Gasteiger partial charge is 0.487 e. The van der Waals surface area contributed by atoms with Crippen LogP contribution in [-0.4, -0.2) is 16.1 Å². The van der Waals surface area contributed by atoms with E-state index in [4.69, 9.17) is 9.84 Å². The van der Waals surface area contributed by atoms with E-state index < -0.39 is 11.8 Å². The van der Waals surface area contributed by atoms with Crippen molar-refractivity contribution in [2.24, 2.45) is 0 Å². The lowest BCUT2D eigenvalue weighted by molar-refractivity contribution is 0.0696. The molecule has 19 heavy (non-hydrogen) atoms. The van der Waals surface area contributed by atoms with Crippen LogP contribution in [0, 0.1) is 5.82 Å². The van der Waals surface area contributed by atoms with Crippen LogP contribution in [0.5, 0.6) is 5.75 Å². The molecule has 1 heterocycles. The second-order valence-electron chi connectivity index (χ2n) is 3.71. The number of hydrogen-bond acceptors (Lipinski definition) is 3. The summed E-state index contributed by atoms with van der Waals surface area (Å²) in [5, 5.41) is 8.72. The number of benzene rings is 1. The molecule has 0 spiro atoms. The van der Waals surface area contributed by atoms with E-state index >= 15 is 0 Å². The van der Waals surface area contributed by atoms with E-state index in [1.807, 2.05) is 0 Å². The first-order valence-corrected chi connectivity index (χ1v) is 6.11. The molecule has 0 unspecified atom stereocenters. The van der Waals surface area contributed by atoms with Gasteiger partial charge in [0.05, 0.1) is 15.7 Å². The Bertz CT molecular complexity index is 601. The minimum Gasteiger partial charge on any atom is -0.487 e. The first-order chi connectivity index (χ1) is 9.06. The van der Waals surface area contributed by atoms with Crippen LogP contribution in [0.15, 0.2) is 41.0 Å². The number of carboxylic acids is 1. The minimum atomic E-state index is -1.03. The number of pyridine rings is 1. The van der Waals surface area contributed by atoms with Gasteiger partial charge in [0.15, 0.2) is 0 Å². The molecule has 0 saturated heterocycles. The molecule has 0 aliphatic heterocycles. The first kappa shape index (κ1) is 13.5. The van der Waals surface area contributed by atoms with Gasteiger partial charge in [0.25, 0.3) is 0 Å². The molecule has 0 aliphatic rings. The van der Waals surface area contributed by atoms with Crippen LogP contribution in [0.3, 0.4) is 0 Å². The van der Waals surface area contributed by atoms with Gasteiger partial charge in [-0.3, -0.25) is 4.98 Å². The summed E-state index contributed by atoms with van der Waals surface area (Å²) in [7, 11) is 0. The highest BCUT2D eigenvalue weighted by molar-refractivity contribution is 9.10. The van der Waals surface area contributed by atoms with Crippen LogP contribution >= 0.6 is 15.9 Å². The number of aromatic nitrogens is 1. The van der Waals surface area contributed by atoms with Crippen molar-refractivity contribution in [3.8, 4) is 5.75 Å². The van der Waals surface area contributed by atoms with Gasteiger partial charge in [-0.15, -0.1) is 0 Å². The van der Waals surface area contributed by atoms with E-state index in [0.29, 0.717) is 15.9 Å². The van der Waals surface area contributed by atoms with Gasteiger partial charge >= 0.3 is 5.97 Å². The summed E-state index contributed by atoms with van der Waals surface area (Å²) in [5.74, 6) is -1.06. The molecule has 1 aromatic carbocycles. The number of ether oxygens (including phenoxy) is 1. The maximum absolute atomic E-state index is 13.2. The maximum Gasteiger partial charge on any atom is 0.337 e. The number of rotatable bonds is 4. The average Bonchev–Trinajstić information content (AvgIpc) is 2.40. The number of hydrogen-bond donors (Lipinski definition) is 1. The molecule has 4 nitrogen and oxygen atoms in total. The highest BCUT2D eigenvalue weighted by atomic mass is 79.9. The zero-order chi connectivity index (χ0) is 13.8. The van der Waals surface area contributed by atoms with Crippen molar-refractivity contribution >= 4 is 21.9 Å². The van der Waals surface area contributed by atoms with Gasteiger partial charge < -0.3 is 9.84 Å². The van der Waals surface area contributed by atoms with Crippen molar-refractivity contribution in [3.05, 3.63) is 58.1 Å². The number of halogens is 2. The SMILES string of the molecule is O=C(O)c1ccc(COc2ccc(Br)c(F)c2)nc1. The third-order valence-electron chi connectivity index (χ3n) is 2.35. The second-order valence-corrected chi connectivity index (χ2v) is 4.56. The van der Waals surface area contributed by atoms with Gasteiger partial charge in [-0.2, -0.15) is 0 Å². The third-order valence-corrected chi connectivity index (χ3v) is 2.99. The summed E-state index contributed by atoms with van der Waals surface area (Å²) in [6, 6.07) is 7.43. The Morgan fingerprint density at radius 2 is 2.16 bits per heavy atom. The van der Waals surface area contributed by atoms with Crippen molar-refractivity contribution in [2.75, 3.05) is 0 Å². The summed E-state index contributed by atoms with van der Waals surface area (Å²) in [6.07, 6.45) is 1.25. The van der Waals surface area contributed by atoms with Gasteiger partial charge in [-0.05, 0) is 40.2 Å². The normalized spacial score (nSPS) is 10.2. The van der Waals surface area contributed by atoms with E-state index in [0.717, 1.165) is 0 Å². The van der Waals surface area contributed by atoms with Crippen molar-refractivity contribution in [3.63, 3.8) is 0 Å². The van der Waals surface area contributed by atoms with Crippen molar-refractivity contribution in [1.82, 2.24) is 4.98 Å². The molecule has 0 aliphatic carbocycles. The first-order valence-electron chi connectivity index (χ1n) is 5.32. The summed E-state index contributed by atoms with van der Waals surface area (Å²) < 4.78 is 19.0. The van der Waals surface area contributed by atoms with E-state index in [2.05, 4.69) is 20.9 Å². The molecule has 0 bridgehead atoms. The van der Waals surface area contributed by atoms with Crippen LogP contribution in [0.1, 0.15) is 16.1 Å². The zero-order valence-electron chi connectivity index (χ0n) is 9.64. The van der Waals surface area contributed by atoms with E-state index in [9.17, 15) is 9.18 Å². The van der Waals surface area contributed by atoms with Gasteiger partial charge in [0.2, 0.25) is 0 Å². The Labute approximate surface area is 117 Å². The molecule has 98 valence electrons. The Morgan fingerprint density at radius 3 is 2.74 bits per heavy atom. The molecule has 0 saturated carbocycles. The highest BCUT2D eigenvalue weighted by Crippen LogP contribution is 2.21. The Hall–Kier alpha value is -1.95. The fourth-order valence-electron chi connectivity index (χ4n) is 1.36. The van der Waals surface area contributed by atoms with E-state index in [-0.39, 0.29) is 12.2 Å². The number of carbonyl (C=O) groups is 1.